The summed E-state index contributed by atoms with van der Waals surface area (Å²) in [6.45, 7) is 21.8. The molecule has 0 amide bonds. The quantitative estimate of drug-likeness (QED) is 0.180. The summed E-state index contributed by atoms with van der Waals surface area (Å²) in [7, 11) is 0. The van der Waals surface area contributed by atoms with Gasteiger partial charge in [-0.25, -0.2) is 36.0 Å². The summed E-state index contributed by atoms with van der Waals surface area (Å²) < 4.78 is 0. The van der Waals surface area contributed by atoms with Crippen molar-refractivity contribution < 1.29 is 1010 Å². The molecular weight excluding hydrogens is 3190 g/mol. The van der Waals surface area contributed by atoms with Crippen molar-refractivity contribution in [3.63, 3.8) is 0 Å². The largest absolute Gasteiger partial charge is 0.245 e. The SMILES string of the molecule is CC.CC.CC.CC.Cc1[c-]c(-c2[c-]cccc2)ccc1.Cc1cncnc1.Cc1ncncn1.[Y].[Y].[Y].[Y].[Y].[Y].[Y].[Y].[Y].[Y].[Y].[Y].[Y].[Y].[Y].[Y].[Y].[Y].[Y].[Y].[Y].[Y].[Y].[Y].[Y].[Y].[Y].[Y].[Y].[Y].[Y]. The van der Waals surface area contributed by atoms with Crippen LogP contribution in [0.25, 0.3) is 11.1 Å². The van der Waals surface area contributed by atoms with Crippen LogP contribution in [0, 0.1) is 32.9 Å². The van der Waals surface area contributed by atoms with Crippen LogP contribution in [0.3, 0.4) is 0 Å². The fourth-order valence-corrected chi connectivity index (χ4v) is 1.97. The molecule has 0 aliphatic rings. The molecule has 0 N–H and O–H groups in total. The predicted molar refractivity (Wildman–Crippen MR) is 151 cm³/mol. The van der Waals surface area contributed by atoms with Crippen LogP contribution in [0.1, 0.15) is 72.3 Å². The number of aromatic nitrogens is 5. The van der Waals surface area contributed by atoms with Gasteiger partial charge in [0.15, 0.2) is 0 Å². The van der Waals surface area contributed by atoms with Crippen molar-refractivity contribution in [2.75, 3.05) is 0 Å². The van der Waals surface area contributed by atoms with Gasteiger partial charge in [-0.1, -0.05) is 62.3 Å². The van der Waals surface area contributed by atoms with Gasteiger partial charge in [0.25, 0.3) is 0 Å². The Morgan fingerprint density at radius 3 is 0.803 bits per heavy atom. The van der Waals surface area contributed by atoms with Gasteiger partial charge in [-0.2, -0.15) is 42.5 Å². The van der Waals surface area contributed by atoms with E-state index in [2.05, 4.69) is 43.1 Å². The third-order valence-electron chi connectivity index (χ3n) is 3.25. The topological polar surface area (TPSA) is 64.5 Å². The summed E-state index contributed by atoms with van der Waals surface area (Å²) in [4.78, 5) is 18.7. The number of hydrogen-bond donors (Lipinski definition) is 0. The summed E-state index contributed by atoms with van der Waals surface area (Å²) in [5, 5.41) is 0. The molecule has 0 bridgehead atoms. The standard InChI is InChI=1S/C13H10.C5H6N2.C4H5N3.4C2H6.31Y/c1-11-6-5-9-13(10-11)12-7-3-2-4-8-12;1-5-2-6-4-7-3-5;1-4-6-2-5-3-7-4;4*1-2;;;;;;;;;;;;;;;;;;;;;;;;;;;;;;;/h2-7,9H,1H3;2-4H,1H3;2-3H,1H3;4*1-2H3;;;;;;;;;;;;;;;;;;;;;;;;;;;;;;;/q-2;;;;;;;;;;;;;;;;;;;;;;;;;;;;;;;;;;;;;. The Morgan fingerprint density at radius 1 is 0.318 bits per heavy atom. The molecule has 0 atom stereocenters. The van der Waals surface area contributed by atoms with Gasteiger partial charge >= 0.3 is 0 Å². The van der Waals surface area contributed by atoms with Gasteiger partial charge in [0.1, 0.15) is 24.8 Å². The van der Waals surface area contributed by atoms with E-state index in [4.69, 9.17) is 0 Å². The minimum atomic E-state index is 0. The number of nitrogens with zero attached hydrogens (tertiary/aromatic N) is 5. The van der Waals surface area contributed by atoms with Crippen LogP contribution in [0.4, 0.5) is 0 Å². The second-order valence-electron chi connectivity index (χ2n) is 5.62. The van der Waals surface area contributed by atoms with Gasteiger partial charge in [-0.3, -0.25) is 0 Å². The van der Waals surface area contributed by atoms with Crippen molar-refractivity contribution in [2.45, 2.75) is 76.2 Å². The van der Waals surface area contributed by atoms with E-state index in [0.29, 0.717) is 0 Å². The predicted octanol–water partition coefficient (Wildman–Crippen LogP) is 8.25. The summed E-state index contributed by atoms with van der Waals surface area (Å²) in [6.07, 6.45) is 8.01. The molecule has 285 valence electrons. The molecule has 2 aromatic carbocycles. The fraction of sp³-hybridized carbons (Fsp3) is 0.367. The van der Waals surface area contributed by atoms with Crippen molar-refractivity contribution in [1.29, 1.82) is 0 Å². The average Bonchev–Trinajstić information content (AvgIpc) is 2.95. The average molecular weight is 3230 g/mol. The van der Waals surface area contributed by atoms with E-state index in [9.17, 15) is 0 Å². The monoisotopic (exact) mass is 3230 g/mol. The number of rotatable bonds is 1. The first kappa shape index (κ1) is 225. The second-order valence-corrected chi connectivity index (χ2v) is 5.62. The molecule has 0 unspecified atom stereocenters. The van der Waals surface area contributed by atoms with Crippen molar-refractivity contribution in [1.82, 2.24) is 24.9 Å². The first-order valence-corrected chi connectivity index (χ1v) is 12.4. The Hall–Kier alpha value is 30.8. The van der Waals surface area contributed by atoms with Crippen LogP contribution in [0.5, 0.6) is 0 Å². The maximum Gasteiger partial charge on any atom is 0.128 e. The first-order valence-electron chi connectivity index (χ1n) is 12.4. The first-order chi connectivity index (χ1) is 17.1. The number of aryl methyl sites for hydroxylation is 3. The van der Waals surface area contributed by atoms with Crippen molar-refractivity contribution in [3.05, 3.63) is 103 Å². The number of benzene rings is 2. The van der Waals surface area contributed by atoms with Crippen LogP contribution in [-0.2, 0) is 1010 Å². The Labute approximate surface area is 1190 Å². The molecule has 0 spiro atoms. The Bertz CT molecular complexity index is 928. The van der Waals surface area contributed by atoms with Crippen molar-refractivity contribution >= 4 is 0 Å². The summed E-state index contributed by atoms with van der Waals surface area (Å²) in [6, 6.07) is 20.6. The molecule has 0 saturated heterocycles. The van der Waals surface area contributed by atoms with Crippen LogP contribution < -0.4 is 0 Å². The zero-order valence-electron chi connectivity index (χ0n) is 41.6. The zero-order valence-corrected chi connectivity index (χ0v) is 130. The van der Waals surface area contributed by atoms with Gasteiger partial charge in [-0.05, 0) is 19.4 Å². The molecule has 0 saturated carbocycles. The minimum absolute atomic E-state index is 0. The Balaban J connectivity index is -0.00000000564. The Morgan fingerprint density at radius 2 is 0.606 bits per heavy atom. The maximum absolute atomic E-state index is 3.77. The molecule has 0 aliphatic carbocycles. The normalized spacial score (nSPS) is 4.17. The van der Waals surface area contributed by atoms with Gasteiger partial charge in [0, 0.05) is 1030 Å². The summed E-state index contributed by atoms with van der Waals surface area (Å²) in [5.74, 6) is 0.759. The van der Waals surface area contributed by atoms with E-state index in [1.54, 1.807) is 12.4 Å². The van der Waals surface area contributed by atoms with E-state index in [0.717, 1.165) is 28.1 Å². The summed E-state index contributed by atoms with van der Waals surface area (Å²) in [5.41, 5.74) is 4.48. The molecule has 2 aromatic heterocycles. The van der Waals surface area contributed by atoms with Gasteiger partial charge < -0.3 is 0 Å². The third-order valence-corrected chi connectivity index (χ3v) is 3.25. The smallest absolute Gasteiger partial charge is 0.128 e. The second kappa shape index (κ2) is 205. The van der Waals surface area contributed by atoms with Crippen molar-refractivity contribution in [3.8, 4) is 11.1 Å². The van der Waals surface area contributed by atoms with Gasteiger partial charge in [0.2, 0.25) is 0 Å². The van der Waals surface area contributed by atoms with E-state index in [1.165, 1.54) is 19.0 Å². The molecule has 0 aliphatic heterocycles. The minimum Gasteiger partial charge on any atom is -0.245 e. The molecule has 0 fully saturated rings. The molecule has 4 rings (SSSR count). The molecule has 31 radical (unpaired) electrons. The van der Waals surface area contributed by atoms with Crippen LogP contribution in [-0.4, -0.2) is 24.9 Å². The van der Waals surface area contributed by atoms with E-state index in [1.807, 2.05) is 113 Å². The molecule has 5 nitrogen and oxygen atoms in total. The molecule has 4 aromatic rings. The molecule has 36 heteroatoms. The molecule has 66 heavy (non-hydrogen) atoms. The van der Waals surface area contributed by atoms with Crippen LogP contribution in [0.15, 0.2) is 73.8 Å². The van der Waals surface area contributed by atoms with E-state index in [-0.39, 0.29) is 1010 Å². The van der Waals surface area contributed by atoms with Gasteiger partial charge in [-0.15, -0.1) is 17.7 Å². The number of hydrogen-bond acceptors (Lipinski definition) is 5. The van der Waals surface area contributed by atoms with E-state index >= 15 is 0 Å². The van der Waals surface area contributed by atoms with Crippen LogP contribution >= 0.6 is 0 Å². The summed E-state index contributed by atoms with van der Waals surface area (Å²) >= 11 is 0. The van der Waals surface area contributed by atoms with Crippen LogP contribution in [0.2, 0.25) is 0 Å². The molecule has 2 heterocycles. The van der Waals surface area contributed by atoms with E-state index < -0.39 is 0 Å². The Kier molecular flexibility index (Phi) is 700. The zero-order chi connectivity index (χ0) is 27.3. The fourth-order valence-electron chi connectivity index (χ4n) is 1.97. The third kappa shape index (κ3) is 176. The molecular formula is C30H45N5Y31-2. The van der Waals surface area contributed by atoms with Crippen molar-refractivity contribution in [2.24, 2.45) is 0 Å². The van der Waals surface area contributed by atoms with Gasteiger partial charge in [0.05, 0.1) is 0 Å². The maximum atomic E-state index is 3.77.